The van der Waals surface area contributed by atoms with E-state index in [2.05, 4.69) is 19.3 Å². The first-order chi connectivity index (χ1) is 18.2. The minimum atomic E-state index is -5.21. The highest BCUT2D eigenvalue weighted by atomic mass is 31.3. The predicted octanol–water partition coefficient (Wildman–Crippen LogP) is 0.541. The average Bonchev–Trinajstić information content (AvgIpc) is 3.55. The van der Waals surface area contributed by atoms with Crippen molar-refractivity contribution in [3.05, 3.63) is 12.7 Å². The zero-order chi connectivity index (χ0) is 28.3. The van der Waals surface area contributed by atoms with Crippen LogP contribution < -0.4 is 5.73 Å². The SMILES string of the molecule is CC1CC(COP(=O)(O)OP(=O)(O)OCC2OC(n3cnc4c(N)ncnc43)C3OP(C)(=O)OC23)C(O)C1O. The number of fused-ring (bicyclic) bond motifs is 2. The molecule has 2 aromatic rings. The van der Waals surface area contributed by atoms with Crippen molar-refractivity contribution in [3.63, 3.8) is 0 Å². The molecule has 0 amide bonds. The summed E-state index contributed by atoms with van der Waals surface area (Å²) in [5.74, 6) is -0.854. The van der Waals surface area contributed by atoms with E-state index in [9.17, 15) is 33.7 Å². The molecule has 11 unspecified atom stereocenters. The molecule has 0 spiro atoms. The van der Waals surface area contributed by atoms with Gasteiger partial charge in [0.2, 0.25) is 0 Å². The van der Waals surface area contributed by atoms with Gasteiger partial charge < -0.3 is 30.5 Å². The number of anilines is 1. The van der Waals surface area contributed by atoms with Gasteiger partial charge in [-0.3, -0.25) is 27.2 Å². The molecule has 218 valence electrons. The first kappa shape index (κ1) is 29.1. The summed E-state index contributed by atoms with van der Waals surface area (Å²) in [4.78, 5) is 32.2. The van der Waals surface area contributed by atoms with Gasteiger partial charge in [0.05, 0.1) is 31.7 Å². The number of aliphatic hydroxyl groups is 2. The van der Waals surface area contributed by atoms with Gasteiger partial charge >= 0.3 is 23.2 Å². The molecule has 18 nitrogen and oxygen atoms in total. The maximum Gasteiger partial charge on any atom is 0.481 e. The van der Waals surface area contributed by atoms with E-state index < -0.39 is 79.1 Å². The van der Waals surface area contributed by atoms with Crippen molar-refractivity contribution in [1.29, 1.82) is 0 Å². The molecule has 6 N–H and O–H groups in total. The lowest BCUT2D eigenvalue weighted by atomic mass is 10.1. The highest BCUT2D eigenvalue weighted by Gasteiger charge is 2.57. The number of aromatic nitrogens is 4. The summed E-state index contributed by atoms with van der Waals surface area (Å²) in [7, 11) is -13.9. The zero-order valence-electron chi connectivity index (χ0n) is 20.6. The molecule has 0 radical (unpaired) electrons. The van der Waals surface area contributed by atoms with Crippen LogP contribution in [-0.4, -0.2) is 89.9 Å². The van der Waals surface area contributed by atoms with Crippen molar-refractivity contribution >= 4 is 40.2 Å². The number of nitrogens with two attached hydrogens (primary N) is 1. The van der Waals surface area contributed by atoms with Crippen molar-refractivity contribution in [1.82, 2.24) is 19.5 Å². The second kappa shape index (κ2) is 10.5. The van der Waals surface area contributed by atoms with Gasteiger partial charge in [0.1, 0.15) is 30.2 Å². The van der Waals surface area contributed by atoms with Crippen LogP contribution in [0.1, 0.15) is 19.6 Å². The van der Waals surface area contributed by atoms with E-state index in [-0.39, 0.29) is 22.9 Å². The van der Waals surface area contributed by atoms with Crippen LogP contribution >= 0.6 is 23.2 Å². The molecule has 39 heavy (non-hydrogen) atoms. The number of imidazole rings is 1. The van der Waals surface area contributed by atoms with E-state index in [1.54, 1.807) is 6.92 Å². The Balaban J connectivity index is 1.24. The fourth-order valence-corrected chi connectivity index (χ4v) is 8.45. The zero-order valence-corrected chi connectivity index (χ0v) is 23.2. The summed E-state index contributed by atoms with van der Waals surface area (Å²) in [6.07, 6.45) is -3.53. The Morgan fingerprint density at radius 2 is 1.77 bits per heavy atom. The van der Waals surface area contributed by atoms with E-state index >= 15 is 0 Å². The van der Waals surface area contributed by atoms with Crippen LogP contribution in [0, 0.1) is 11.8 Å². The molecule has 21 heteroatoms. The predicted molar refractivity (Wildman–Crippen MR) is 129 cm³/mol. The summed E-state index contributed by atoms with van der Waals surface area (Å²) in [6, 6.07) is 0. The Hall–Kier alpha value is -1.36. The molecule has 2 aliphatic heterocycles. The second-order valence-corrected chi connectivity index (χ2v) is 14.6. The first-order valence-corrected chi connectivity index (χ1v) is 16.7. The maximum absolute atomic E-state index is 12.6. The number of rotatable bonds is 9. The lowest BCUT2D eigenvalue weighted by molar-refractivity contribution is -0.0545. The van der Waals surface area contributed by atoms with Crippen LogP contribution in [0.4, 0.5) is 5.82 Å². The topological polar surface area (TPSA) is 257 Å². The Kier molecular flexibility index (Phi) is 7.83. The van der Waals surface area contributed by atoms with Gasteiger partial charge in [0.25, 0.3) is 0 Å². The third-order valence-electron chi connectivity index (χ3n) is 6.72. The molecule has 1 saturated carbocycles. The van der Waals surface area contributed by atoms with E-state index in [1.807, 2.05) is 0 Å². The Morgan fingerprint density at radius 1 is 1.10 bits per heavy atom. The van der Waals surface area contributed by atoms with Crippen molar-refractivity contribution < 1.29 is 60.8 Å². The van der Waals surface area contributed by atoms with E-state index in [4.69, 9.17) is 28.6 Å². The molecule has 0 aromatic carbocycles. The average molecular weight is 615 g/mol. The highest BCUT2D eigenvalue weighted by molar-refractivity contribution is 7.61. The lowest BCUT2D eigenvalue weighted by Crippen LogP contribution is -2.31. The summed E-state index contributed by atoms with van der Waals surface area (Å²) >= 11 is 0. The summed E-state index contributed by atoms with van der Waals surface area (Å²) in [5.41, 5.74) is 6.38. The van der Waals surface area contributed by atoms with E-state index in [0.29, 0.717) is 6.42 Å². The number of nitrogens with zero attached hydrogens (tertiary/aromatic N) is 4. The van der Waals surface area contributed by atoms with Crippen molar-refractivity contribution in [2.24, 2.45) is 11.8 Å². The number of phosphoric ester groups is 2. The normalized spacial score (nSPS) is 39.5. The smallest absolute Gasteiger partial charge is 0.390 e. The maximum atomic E-state index is 12.6. The van der Waals surface area contributed by atoms with Crippen molar-refractivity contribution in [2.45, 2.75) is 50.1 Å². The molecule has 2 aromatic heterocycles. The number of hydrogen-bond acceptors (Lipinski definition) is 15. The largest absolute Gasteiger partial charge is 0.481 e. The second-order valence-electron chi connectivity index (χ2n) is 9.62. The van der Waals surface area contributed by atoms with Crippen LogP contribution in [-0.2, 0) is 40.8 Å². The standard InChI is InChI=1S/C18H28N5O13P3/c1-8-3-9(13(25)12(8)24)4-31-38(27,28)36-39(29,30)32-5-10-14-15(35-37(2,26)34-14)18(33-10)23-7-22-11-16(19)20-6-21-17(11)23/h6-10,12-15,18,24-25H,3-5H2,1-2H3,(H,27,28)(H,29,30)(H2,19,20,21). The summed E-state index contributed by atoms with van der Waals surface area (Å²) in [6.45, 7) is 1.71. The highest BCUT2D eigenvalue weighted by Crippen LogP contribution is 2.62. The van der Waals surface area contributed by atoms with Crippen LogP contribution in [0.3, 0.4) is 0 Å². The van der Waals surface area contributed by atoms with Gasteiger partial charge in [-0.1, -0.05) is 6.92 Å². The Labute approximate surface area is 221 Å². The number of aliphatic hydroxyl groups excluding tert-OH is 2. The minimum Gasteiger partial charge on any atom is -0.390 e. The van der Waals surface area contributed by atoms with Crippen LogP contribution in [0.15, 0.2) is 12.7 Å². The molecular weight excluding hydrogens is 587 g/mol. The number of nitrogen functional groups attached to an aromatic ring is 1. The van der Waals surface area contributed by atoms with Crippen molar-refractivity contribution in [2.75, 3.05) is 25.6 Å². The molecule has 3 aliphatic rings. The molecule has 5 rings (SSSR count). The number of phosphoric acid groups is 2. The molecule has 2 saturated heterocycles. The van der Waals surface area contributed by atoms with Gasteiger partial charge in [-0.05, 0) is 12.3 Å². The van der Waals surface area contributed by atoms with Gasteiger partial charge in [0, 0.05) is 12.6 Å². The molecule has 4 heterocycles. The van der Waals surface area contributed by atoms with Gasteiger partial charge in [-0.15, -0.1) is 0 Å². The summed E-state index contributed by atoms with van der Waals surface area (Å²) < 4.78 is 69.8. The van der Waals surface area contributed by atoms with E-state index in [1.165, 1.54) is 23.9 Å². The first-order valence-electron chi connectivity index (χ1n) is 11.7. The van der Waals surface area contributed by atoms with Crippen LogP contribution in [0.2, 0.25) is 0 Å². The lowest BCUT2D eigenvalue weighted by Gasteiger charge is -2.22. The van der Waals surface area contributed by atoms with Crippen LogP contribution in [0.25, 0.3) is 11.2 Å². The van der Waals surface area contributed by atoms with Gasteiger partial charge in [0.15, 0.2) is 17.7 Å². The number of ether oxygens (including phenoxy) is 1. The quantitative estimate of drug-likeness (QED) is 0.241. The van der Waals surface area contributed by atoms with Crippen LogP contribution in [0.5, 0.6) is 0 Å². The third kappa shape index (κ3) is 5.99. The number of hydrogen-bond donors (Lipinski definition) is 5. The monoisotopic (exact) mass is 615 g/mol. The Morgan fingerprint density at radius 3 is 2.44 bits per heavy atom. The molecular formula is C18H28N5O13P3. The van der Waals surface area contributed by atoms with Crippen molar-refractivity contribution in [3.8, 4) is 0 Å². The minimum absolute atomic E-state index is 0.111. The summed E-state index contributed by atoms with van der Waals surface area (Å²) in [5, 5.41) is 19.8. The van der Waals surface area contributed by atoms with E-state index in [0.717, 1.165) is 0 Å². The molecule has 11 atom stereocenters. The molecule has 3 fully saturated rings. The fraction of sp³-hybridized carbons (Fsp3) is 0.722. The molecule has 0 bridgehead atoms. The van der Waals surface area contributed by atoms with Gasteiger partial charge in [-0.25, -0.2) is 24.1 Å². The Bertz CT molecular complexity index is 1380. The third-order valence-corrected chi connectivity index (χ3v) is 10.6. The van der Waals surface area contributed by atoms with Gasteiger partial charge in [-0.2, -0.15) is 4.31 Å². The molecule has 1 aliphatic carbocycles. The fourth-order valence-electron chi connectivity index (χ4n) is 4.90.